The zero-order chi connectivity index (χ0) is 9.73. The van der Waals surface area contributed by atoms with Crippen molar-refractivity contribution in [3.05, 3.63) is 0 Å². The predicted molar refractivity (Wildman–Crippen MR) is 52.5 cm³/mol. The van der Waals surface area contributed by atoms with E-state index < -0.39 is 0 Å². The number of ether oxygens (including phenoxy) is 1. The highest BCUT2D eigenvalue weighted by Crippen LogP contribution is 2.33. The first-order valence-electron chi connectivity index (χ1n) is 5.21. The highest BCUT2D eigenvalue weighted by molar-refractivity contribution is 4.90. The quantitative estimate of drug-likeness (QED) is 0.672. The topological polar surface area (TPSA) is 55.5 Å². The Morgan fingerprint density at radius 3 is 2.85 bits per heavy atom. The molecule has 0 radical (unpaired) electrons. The lowest BCUT2D eigenvalue weighted by Gasteiger charge is -2.31. The van der Waals surface area contributed by atoms with E-state index in [4.69, 9.17) is 10.5 Å². The highest BCUT2D eigenvalue weighted by atomic mass is 16.5. The molecule has 1 heterocycles. The van der Waals surface area contributed by atoms with Gasteiger partial charge in [-0.1, -0.05) is 19.8 Å². The molecule has 0 bridgehead atoms. The monoisotopic (exact) mass is 187 g/mol. The molecule has 3 heteroatoms. The van der Waals surface area contributed by atoms with Gasteiger partial charge < -0.3 is 15.6 Å². The fourth-order valence-electron chi connectivity index (χ4n) is 1.89. The lowest BCUT2D eigenvalue weighted by Crippen LogP contribution is -2.42. The van der Waals surface area contributed by atoms with Gasteiger partial charge in [-0.15, -0.1) is 0 Å². The largest absolute Gasteiger partial charge is 0.392 e. The van der Waals surface area contributed by atoms with Crippen molar-refractivity contribution in [2.24, 2.45) is 11.1 Å². The van der Waals surface area contributed by atoms with E-state index in [1.165, 1.54) is 0 Å². The summed E-state index contributed by atoms with van der Waals surface area (Å²) in [5.41, 5.74) is 5.56. The van der Waals surface area contributed by atoms with Crippen LogP contribution in [-0.4, -0.2) is 31.0 Å². The Morgan fingerprint density at radius 1 is 1.62 bits per heavy atom. The van der Waals surface area contributed by atoms with Gasteiger partial charge in [-0.2, -0.15) is 0 Å². The number of hydrogen-bond acceptors (Lipinski definition) is 3. The Bertz CT molecular complexity index is 144. The second-order valence-electron chi connectivity index (χ2n) is 4.03. The number of aliphatic hydroxyl groups is 1. The van der Waals surface area contributed by atoms with E-state index in [0.29, 0.717) is 13.2 Å². The van der Waals surface area contributed by atoms with Crippen LogP contribution in [0.4, 0.5) is 0 Å². The van der Waals surface area contributed by atoms with E-state index in [2.05, 4.69) is 6.92 Å². The van der Waals surface area contributed by atoms with Crippen molar-refractivity contribution >= 4 is 0 Å². The molecule has 0 spiro atoms. The summed E-state index contributed by atoms with van der Waals surface area (Å²) in [5, 5.41) is 9.97. The van der Waals surface area contributed by atoms with Crippen LogP contribution in [0.15, 0.2) is 0 Å². The maximum atomic E-state index is 9.97. The first kappa shape index (κ1) is 11.0. The van der Waals surface area contributed by atoms with E-state index in [-0.39, 0.29) is 11.5 Å². The minimum Gasteiger partial charge on any atom is -0.392 e. The molecular weight excluding hydrogens is 166 g/mol. The summed E-state index contributed by atoms with van der Waals surface area (Å²) in [5.74, 6) is 0. The first-order chi connectivity index (χ1) is 6.25. The molecule has 13 heavy (non-hydrogen) atoms. The number of unbranched alkanes of at least 4 members (excludes halogenated alkanes) is 1. The van der Waals surface area contributed by atoms with Crippen molar-refractivity contribution in [1.29, 1.82) is 0 Å². The molecule has 2 atom stereocenters. The smallest absolute Gasteiger partial charge is 0.0631 e. The number of hydrogen-bond donors (Lipinski definition) is 2. The number of rotatable bonds is 5. The van der Waals surface area contributed by atoms with Crippen molar-refractivity contribution in [3.8, 4) is 0 Å². The van der Waals surface area contributed by atoms with Gasteiger partial charge in [0.1, 0.15) is 0 Å². The minimum atomic E-state index is -0.278. The van der Waals surface area contributed by atoms with Gasteiger partial charge in [-0.05, 0) is 12.8 Å². The Labute approximate surface area is 80.3 Å². The van der Waals surface area contributed by atoms with Crippen molar-refractivity contribution in [1.82, 2.24) is 0 Å². The average Bonchev–Trinajstić information content (AvgIpc) is 2.63. The summed E-state index contributed by atoms with van der Waals surface area (Å²) in [6.07, 6.45) is 3.69. The molecule has 0 saturated carbocycles. The summed E-state index contributed by atoms with van der Waals surface area (Å²) in [6, 6.07) is 0. The standard InChI is InChI=1S/C10H21NO2/c1-2-3-4-9(12)10(7-11)5-6-13-8-10/h9,12H,2-8,11H2,1H3. The van der Waals surface area contributed by atoms with Crippen LogP contribution in [0.2, 0.25) is 0 Å². The first-order valence-corrected chi connectivity index (χ1v) is 5.21. The van der Waals surface area contributed by atoms with Crippen LogP contribution in [0.25, 0.3) is 0 Å². The summed E-state index contributed by atoms with van der Waals surface area (Å²) in [6.45, 7) is 4.06. The third-order valence-electron chi connectivity index (χ3n) is 3.08. The molecule has 0 aromatic carbocycles. The Kier molecular flexibility index (Phi) is 4.16. The summed E-state index contributed by atoms with van der Waals surface area (Å²) >= 11 is 0. The van der Waals surface area contributed by atoms with Gasteiger partial charge in [0.25, 0.3) is 0 Å². The van der Waals surface area contributed by atoms with Crippen molar-refractivity contribution < 1.29 is 9.84 Å². The van der Waals surface area contributed by atoms with E-state index in [1.54, 1.807) is 0 Å². The van der Waals surface area contributed by atoms with Crippen molar-refractivity contribution in [2.75, 3.05) is 19.8 Å². The van der Waals surface area contributed by atoms with E-state index in [1.807, 2.05) is 0 Å². The van der Waals surface area contributed by atoms with Crippen molar-refractivity contribution in [3.63, 3.8) is 0 Å². The zero-order valence-electron chi connectivity index (χ0n) is 8.46. The summed E-state index contributed by atoms with van der Waals surface area (Å²) in [7, 11) is 0. The van der Waals surface area contributed by atoms with Gasteiger partial charge >= 0.3 is 0 Å². The van der Waals surface area contributed by atoms with Crippen LogP contribution in [0.3, 0.4) is 0 Å². The molecule has 3 N–H and O–H groups in total. The van der Waals surface area contributed by atoms with Crippen LogP contribution in [0.5, 0.6) is 0 Å². The van der Waals surface area contributed by atoms with Gasteiger partial charge in [0.05, 0.1) is 12.7 Å². The molecular formula is C10H21NO2. The highest BCUT2D eigenvalue weighted by Gasteiger charge is 2.39. The molecule has 78 valence electrons. The number of nitrogens with two attached hydrogens (primary N) is 1. The molecule has 0 aromatic heterocycles. The third-order valence-corrected chi connectivity index (χ3v) is 3.08. The van der Waals surface area contributed by atoms with Gasteiger partial charge in [-0.3, -0.25) is 0 Å². The van der Waals surface area contributed by atoms with Crippen LogP contribution >= 0.6 is 0 Å². The second-order valence-corrected chi connectivity index (χ2v) is 4.03. The molecule has 1 saturated heterocycles. The van der Waals surface area contributed by atoms with Gasteiger partial charge in [0, 0.05) is 18.6 Å². The van der Waals surface area contributed by atoms with E-state index in [9.17, 15) is 5.11 Å². The van der Waals surface area contributed by atoms with Gasteiger partial charge in [0.15, 0.2) is 0 Å². The average molecular weight is 187 g/mol. The van der Waals surface area contributed by atoms with Gasteiger partial charge in [0.2, 0.25) is 0 Å². The molecule has 1 aliphatic heterocycles. The van der Waals surface area contributed by atoms with Crippen LogP contribution in [-0.2, 0) is 4.74 Å². The summed E-state index contributed by atoms with van der Waals surface area (Å²) < 4.78 is 5.31. The molecule has 1 aliphatic rings. The Hall–Kier alpha value is -0.120. The molecule has 0 amide bonds. The molecule has 0 aromatic rings. The second kappa shape index (κ2) is 4.94. The molecule has 1 rings (SSSR count). The van der Waals surface area contributed by atoms with Crippen LogP contribution in [0, 0.1) is 5.41 Å². The third kappa shape index (κ3) is 2.42. The lowest BCUT2D eigenvalue weighted by atomic mass is 9.79. The van der Waals surface area contributed by atoms with Crippen LogP contribution in [0.1, 0.15) is 32.6 Å². The minimum absolute atomic E-state index is 0.144. The fraction of sp³-hybridized carbons (Fsp3) is 1.00. The lowest BCUT2D eigenvalue weighted by molar-refractivity contribution is 0.0136. The molecule has 2 unspecified atom stereocenters. The zero-order valence-corrected chi connectivity index (χ0v) is 8.46. The molecule has 1 fully saturated rings. The maximum Gasteiger partial charge on any atom is 0.0631 e. The Balaban J connectivity index is 2.44. The number of aliphatic hydroxyl groups excluding tert-OH is 1. The Morgan fingerprint density at radius 2 is 2.38 bits per heavy atom. The SMILES string of the molecule is CCCCC(O)C1(CN)CCOC1. The maximum absolute atomic E-state index is 9.97. The van der Waals surface area contributed by atoms with Gasteiger partial charge in [-0.25, -0.2) is 0 Å². The summed E-state index contributed by atoms with van der Waals surface area (Å²) in [4.78, 5) is 0. The molecule has 3 nitrogen and oxygen atoms in total. The molecule has 0 aliphatic carbocycles. The normalized spacial score (nSPS) is 30.7. The predicted octanol–water partition coefficient (Wildman–Crippen LogP) is 0.903. The van der Waals surface area contributed by atoms with Crippen molar-refractivity contribution in [2.45, 2.75) is 38.7 Å². The van der Waals surface area contributed by atoms with E-state index >= 15 is 0 Å². The fourth-order valence-corrected chi connectivity index (χ4v) is 1.89. The van der Waals surface area contributed by atoms with E-state index in [0.717, 1.165) is 32.3 Å². The van der Waals surface area contributed by atoms with Crippen LogP contribution < -0.4 is 5.73 Å².